The maximum Gasteiger partial charge on any atom is 0.143 e. The van der Waals surface area contributed by atoms with Gasteiger partial charge in [0, 0.05) is 17.3 Å². The van der Waals surface area contributed by atoms with Gasteiger partial charge in [-0.3, -0.25) is 0 Å². The van der Waals surface area contributed by atoms with Gasteiger partial charge in [-0.05, 0) is 51.2 Å². The number of fused-ring (bicyclic) bond motifs is 3. The number of ether oxygens (including phenoxy) is 2. The maximum absolute atomic E-state index is 5.99. The van der Waals surface area contributed by atoms with Gasteiger partial charge in [0.1, 0.15) is 18.1 Å². The molecule has 3 rings (SSSR count). The number of nitrogens with one attached hydrogen (secondary N) is 1. The molecule has 0 saturated heterocycles. The highest BCUT2D eigenvalue weighted by atomic mass is 16.5. The first-order valence-electron chi connectivity index (χ1n) is 7.89. The van der Waals surface area contributed by atoms with E-state index in [0.29, 0.717) is 6.61 Å². The summed E-state index contributed by atoms with van der Waals surface area (Å²) in [5.74, 6) is 1.76. The van der Waals surface area contributed by atoms with Gasteiger partial charge in [-0.1, -0.05) is 12.1 Å². The molecule has 0 fully saturated rings. The fourth-order valence-electron chi connectivity index (χ4n) is 2.96. The molecule has 0 spiro atoms. The topological polar surface area (TPSA) is 37.5 Å². The fourth-order valence-corrected chi connectivity index (χ4v) is 2.96. The van der Waals surface area contributed by atoms with Crippen molar-refractivity contribution in [2.24, 2.45) is 0 Å². The zero-order valence-electron chi connectivity index (χ0n) is 14.5. The molecule has 4 heteroatoms. The van der Waals surface area contributed by atoms with Crippen LogP contribution in [0.2, 0.25) is 0 Å². The summed E-state index contributed by atoms with van der Waals surface area (Å²) < 4.78 is 11.6. The molecular weight excluding hydrogens is 288 g/mol. The number of aromatic amines is 1. The molecule has 4 nitrogen and oxygen atoms in total. The van der Waals surface area contributed by atoms with Crippen LogP contribution in [0.1, 0.15) is 11.1 Å². The molecule has 0 unspecified atom stereocenters. The Hall–Kier alpha value is -2.20. The van der Waals surface area contributed by atoms with Crippen LogP contribution in [-0.2, 0) is 0 Å². The minimum Gasteiger partial charge on any atom is -0.495 e. The predicted octanol–water partition coefficient (Wildman–Crippen LogP) is 3.89. The van der Waals surface area contributed by atoms with E-state index in [1.807, 2.05) is 20.2 Å². The van der Waals surface area contributed by atoms with E-state index in [2.05, 4.69) is 41.9 Å². The number of methoxy groups -OCH3 is 1. The average Bonchev–Trinajstić information content (AvgIpc) is 2.91. The van der Waals surface area contributed by atoms with E-state index in [0.717, 1.165) is 29.1 Å². The van der Waals surface area contributed by atoms with Crippen LogP contribution in [0, 0.1) is 13.8 Å². The van der Waals surface area contributed by atoms with Crippen molar-refractivity contribution in [2.75, 3.05) is 34.4 Å². The van der Waals surface area contributed by atoms with Gasteiger partial charge in [0.05, 0.1) is 18.1 Å². The lowest BCUT2D eigenvalue weighted by atomic mass is 10.0. The van der Waals surface area contributed by atoms with Gasteiger partial charge >= 0.3 is 0 Å². The molecule has 122 valence electrons. The second-order valence-corrected chi connectivity index (χ2v) is 6.23. The molecule has 23 heavy (non-hydrogen) atoms. The normalized spacial score (nSPS) is 11.6. The second-order valence-electron chi connectivity index (χ2n) is 6.23. The Balaban J connectivity index is 2.17. The third-order valence-electron chi connectivity index (χ3n) is 4.37. The van der Waals surface area contributed by atoms with Crippen molar-refractivity contribution in [3.8, 4) is 11.5 Å². The Morgan fingerprint density at radius 2 is 1.87 bits per heavy atom. The molecular formula is C19H24N2O2. The second kappa shape index (κ2) is 6.13. The summed E-state index contributed by atoms with van der Waals surface area (Å²) >= 11 is 0. The first-order valence-corrected chi connectivity index (χ1v) is 7.89. The van der Waals surface area contributed by atoms with Crippen molar-refractivity contribution < 1.29 is 9.47 Å². The number of likely N-dealkylation sites (N-methyl/N-ethyl adjacent to an activating group) is 1. The van der Waals surface area contributed by atoms with Crippen LogP contribution in [0.5, 0.6) is 11.5 Å². The Morgan fingerprint density at radius 1 is 1.09 bits per heavy atom. The molecule has 1 heterocycles. The number of rotatable bonds is 5. The molecule has 2 aromatic carbocycles. The van der Waals surface area contributed by atoms with E-state index in [9.17, 15) is 0 Å². The van der Waals surface area contributed by atoms with Gasteiger partial charge in [0.25, 0.3) is 0 Å². The van der Waals surface area contributed by atoms with Crippen molar-refractivity contribution in [1.29, 1.82) is 0 Å². The highest BCUT2D eigenvalue weighted by Crippen LogP contribution is 2.38. The van der Waals surface area contributed by atoms with Crippen molar-refractivity contribution in [3.05, 3.63) is 35.4 Å². The van der Waals surface area contributed by atoms with E-state index in [1.165, 1.54) is 21.9 Å². The number of H-pyrrole nitrogens is 1. The van der Waals surface area contributed by atoms with Gasteiger partial charge in [-0.2, -0.15) is 0 Å². The highest BCUT2D eigenvalue weighted by Gasteiger charge is 2.15. The number of para-hydroxylation sites is 1. The number of nitrogens with zero attached hydrogens (tertiary/aromatic N) is 1. The maximum atomic E-state index is 5.99. The van der Waals surface area contributed by atoms with Crippen LogP contribution in [0.3, 0.4) is 0 Å². The number of aromatic nitrogens is 1. The molecule has 0 atom stereocenters. The molecule has 3 aromatic rings. The van der Waals surface area contributed by atoms with Gasteiger partial charge < -0.3 is 19.4 Å². The summed E-state index contributed by atoms with van der Waals surface area (Å²) in [6.45, 7) is 5.83. The first kappa shape index (κ1) is 15.7. The van der Waals surface area contributed by atoms with E-state index in [1.54, 1.807) is 7.11 Å². The smallest absolute Gasteiger partial charge is 0.143 e. The molecule has 0 amide bonds. The molecule has 1 aromatic heterocycles. The van der Waals surface area contributed by atoms with Gasteiger partial charge in [-0.15, -0.1) is 0 Å². The fraction of sp³-hybridized carbons (Fsp3) is 0.368. The van der Waals surface area contributed by atoms with Crippen LogP contribution in [0.15, 0.2) is 24.3 Å². The SMILES string of the molecule is COc1cc(C)c(C)c2c1[nH]c1c(OCCN(C)C)cccc12. The lowest BCUT2D eigenvalue weighted by molar-refractivity contribution is 0.263. The summed E-state index contributed by atoms with van der Waals surface area (Å²) in [5, 5.41) is 2.40. The summed E-state index contributed by atoms with van der Waals surface area (Å²) in [6, 6.07) is 8.29. The van der Waals surface area contributed by atoms with Crippen LogP contribution in [0.4, 0.5) is 0 Å². The molecule has 0 aliphatic rings. The van der Waals surface area contributed by atoms with Gasteiger partial charge in [0.15, 0.2) is 0 Å². The van der Waals surface area contributed by atoms with E-state index in [4.69, 9.17) is 9.47 Å². The molecule has 0 aliphatic heterocycles. The molecule has 0 bridgehead atoms. The molecule has 0 aliphatic carbocycles. The number of benzene rings is 2. The minimum absolute atomic E-state index is 0.663. The Bertz CT molecular complexity index is 850. The first-order chi connectivity index (χ1) is 11.0. The predicted molar refractivity (Wildman–Crippen MR) is 95.9 cm³/mol. The highest BCUT2D eigenvalue weighted by molar-refractivity contribution is 6.12. The Labute approximate surface area is 137 Å². The summed E-state index contributed by atoms with van der Waals surface area (Å²) in [4.78, 5) is 5.62. The van der Waals surface area contributed by atoms with Crippen LogP contribution >= 0.6 is 0 Å². The standard InChI is InChI=1S/C19H24N2O2/c1-12-11-16(22-5)19-17(13(12)2)14-7-6-8-15(18(14)20-19)23-10-9-21(3)4/h6-8,11,20H,9-10H2,1-5H3. The zero-order valence-corrected chi connectivity index (χ0v) is 14.5. The summed E-state index contributed by atoms with van der Waals surface area (Å²) in [6.07, 6.45) is 0. The van der Waals surface area contributed by atoms with Crippen LogP contribution in [-0.4, -0.2) is 44.2 Å². The van der Waals surface area contributed by atoms with Crippen molar-refractivity contribution >= 4 is 21.8 Å². The quantitative estimate of drug-likeness (QED) is 0.776. The molecule has 1 N–H and O–H groups in total. The number of hydrogen-bond acceptors (Lipinski definition) is 3. The molecule has 0 radical (unpaired) electrons. The summed E-state index contributed by atoms with van der Waals surface area (Å²) in [7, 11) is 5.80. The third-order valence-corrected chi connectivity index (χ3v) is 4.37. The summed E-state index contributed by atoms with van der Waals surface area (Å²) in [5.41, 5.74) is 4.58. The Morgan fingerprint density at radius 3 is 2.57 bits per heavy atom. The van der Waals surface area contributed by atoms with Crippen LogP contribution < -0.4 is 9.47 Å². The van der Waals surface area contributed by atoms with E-state index < -0.39 is 0 Å². The number of aryl methyl sites for hydroxylation is 2. The van der Waals surface area contributed by atoms with E-state index >= 15 is 0 Å². The third kappa shape index (κ3) is 2.75. The zero-order chi connectivity index (χ0) is 16.6. The average molecular weight is 312 g/mol. The largest absolute Gasteiger partial charge is 0.495 e. The van der Waals surface area contributed by atoms with E-state index in [-0.39, 0.29) is 0 Å². The van der Waals surface area contributed by atoms with Crippen molar-refractivity contribution in [2.45, 2.75) is 13.8 Å². The Kier molecular flexibility index (Phi) is 4.18. The van der Waals surface area contributed by atoms with Crippen molar-refractivity contribution in [3.63, 3.8) is 0 Å². The number of hydrogen-bond donors (Lipinski definition) is 1. The monoisotopic (exact) mass is 312 g/mol. The van der Waals surface area contributed by atoms with Gasteiger partial charge in [-0.25, -0.2) is 0 Å². The van der Waals surface area contributed by atoms with Crippen molar-refractivity contribution in [1.82, 2.24) is 9.88 Å². The minimum atomic E-state index is 0.663. The molecule has 0 saturated carbocycles. The van der Waals surface area contributed by atoms with Gasteiger partial charge in [0.2, 0.25) is 0 Å². The van der Waals surface area contributed by atoms with Crippen LogP contribution in [0.25, 0.3) is 21.8 Å². The lowest BCUT2D eigenvalue weighted by Gasteiger charge is -2.11. The lowest BCUT2D eigenvalue weighted by Crippen LogP contribution is -2.19.